The zero-order valence-electron chi connectivity index (χ0n) is 9.12. The smallest absolute Gasteiger partial charge is 0.134 e. The quantitative estimate of drug-likeness (QED) is 0.825. The van der Waals surface area contributed by atoms with Crippen LogP contribution in [0.15, 0.2) is 18.2 Å². The molecule has 1 aromatic carbocycles. The second kappa shape index (κ2) is 4.92. The van der Waals surface area contributed by atoms with Crippen molar-refractivity contribution in [3.8, 4) is 0 Å². The molecule has 0 unspecified atom stereocenters. The van der Waals surface area contributed by atoms with Crippen LogP contribution in [0.4, 0.5) is 4.39 Å². The summed E-state index contributed by atoms with van der Waals surface area (Å²) >= 11 is 0. The summed E-state index contributed by atoms with van der Waals surface area (Å²) < 4.78 is 13.8. The van der Waals surface area contributed by atoms with E-state index in [4.69, 9.17) is 5.73 Å². The summed E-state index contributed by atoms with van der Waals surface area (Å²) in [5, 5.41) is 9.70. The summed E-state index contributed by atoms with van der Waals surface area (Å²) in [5.41, 5.74) is 5.15. The van der Waals surface area contributed by atoms with Gasteiger partial charge in [0.2, 0.25) is 0 Å². The van der Waals surface area contributed by atoms with Gasteiger partial charge < -0.3 is 10.8 Å². The van der Waals surface area contributed by atoms with Gasteiger partial charge in [0.15, 0.2) is 0 Å². The molecule has 2 nitrogen and oxygen atoms in total. The van der Waals surface area contributed by atoms with Crippen LogP contribution < -0.4 is 5.73 Å². The fourth-order valence-electron chi connectivity index (χ4n) is 1.37. The van der Waals surface area contributed by atoms with Gasteiger partial charge in [-0.05, 0) is 20.8 Å². The Balaban J connectivity index is 0.00000196. The van der Waals surface area contributed by atoms with Gasteiger partial charge in [-0.1, -0.05) is 18.2 Å². The monoisotopic (exact) mass is 233 g/mol. The van der Waals surface area contributed by atoms with E-state index in [1.807, 2.05) is 0 Å². The van der Waals surface area contributed by atoms with E-state index in [9.17, 15) is 9.50 Å². The first-order valence-electron chi connectivity index (χ1n) is 4.61. The lowest BCUT2D eigenvalue weighted by Gasteiger charge is -2.20. The summed E-state index contributed by atoms with van der Waals surface area (Å²) in [5.74, 6) is -0.407. The van der Waals surface area contributed by atoms with Crippen LogP contribution in [-0.2, 0) is 5.60 Å². The number of hydrogen-bond donors (Lipinski definition) is 2. The molecular formula is C11H17ClFNO. The minimum atomic E-state index is -1.17. The minimum absolute atomic E-state index is 0. The first-order chi connectivity index (χ1) is 6.34. The van der Waals surface area contributed by atoms with E-state index in [1.165, 1.54) is 0 Å². The molecule has 0 heterocycles. The van der Waals surface area contributed by atoms with E-state index in [0.29, 0.717) is 5.56 Å². The fraction of sp³-hybridized carbons (Fsp3) is 0.455. The van der Waals surface area contributed by atoms with E-state index in [0.717, 1.165) is 0 Å². The topological polar surface area (TPSA) is 46.2 Å². The molecule has 1 atom stereocenters. The second-order valence-corrected chi connectivity index (χ2v) is 4.06. The molecule has 0 amide bonds. The SMILES string of the molecule is C[C@@H](N)c1cccc(C(C)(C)O)c1F.Cl. The van der Waals surface area contributed by atoms with Gasteiger partial charge in [-0.25, -0.2) is 4.39 Å². The maximum atomic E-state index is 13.8. The first-order valence-corrected chi connectivity index (χ1v) is 4.61. The highest BCUT2D eigenvalue weighted by Gasteiger charge is 2.22. The summed E-state index contributed by atoms with van der Waals surface area (Å²) in [6.45, 7) is 4.82. The molecule has 0 saturated heterocycles. The van der Waals surface area contributed by atoms with Crippen molar-refractivity contribution in [3.05, 3.63) is 35.1 Å². The lowest BCUT2D eigenvalue weighted by atomic mass is 9.94. The molecule has 0 spiro atoms. The number of benzene rings is 1. The Morgan fingerprint density at radius 2 is 1.93 bits per heavy atom. The Morgan fingerprint density at radius 3 is 2.33 bits per heavy atom. The highest BCUT2D eigenvalue weighted by molar-refractivity contribution is 5.85. The van der Waals surface area contributed by atoms with E-state index in [2.05, 4.69) is 0 Å². The maximum Gasteiger partial charge on any atom is 0.134 e. The van der Waals surface area contributed by atoms with Crippen molar-refractivity contribution < 1.29 is 9.50 Å². The van der Waals surface area contributed by atoms with E-state index in [1.54, 1.807) is 39.0 Å². The van der Waals surface area contributed by atoms with Gasteiger partial charge in [0.05, 0.1) is 5.60 Å². The fourth-order valence-corrected chi connectivity index (χ4v) is 1.37. The average molecular weight is 234 g/mol. The number of halogens is 2. The molecule has 0 aromatic heterocycles. The minimum Gasteiger partial charge on any atom is -0.386 e. The second-order valence-electron chi connectivity index (χ2n) is 4.06. The van der Waals surface area contributed by atoms with Crippen LogP contribution >= 0.6 is 12.4 Å². The van der Waals surface area contributed by atoms with Crippen molar-refractivity contribution in [2.45, 2.75) is 32.4 Å². The molecule has 0 saturated carbocycles. The number of hydrogen-bond acceptors (Lipinski definition) is 2. The first kappa shape index (κ1) is 14.4. The van der Waals surface area contributed by atoms with Crippen molar-refractivity contribution in [3.63, 3.8) is 0 Å². The van der Waals surface area contributed by atoms with Crippen LogP contribution in [0.5, 0.6) is 0 Å². The van der Waals surface area contributed by atoms with Crippen LogP contribution in [0.2, 0.25) is 0 Å². The Hall–Kier alpha value is -0.640. The molecule has 0 bridgehead atoms. The Labute approximate surface area is 95.7 Å². The third kappa shape index (κ3) is 3.16. The van der Waals surface area contributed by atoms with Crippen molar-refractivity contribution in [1.29, 1.82) is 0 Å². The van der Waals surface area contributed by atoms with Gasteiger partial charge in [0, 0.05) is 17.2 Å². The average Bonchev–Trinajstić information content (AvgIpc) is 2.01. The molecule has 86 valence electrons. The summed E-state index contributed by atoms with van der Waals surface area (Å²) in [6.07, 6.45) is 0. The highest BCUT2D eigenvalue weighted by Crippen LogP contribution is 2.26. The Bertz CT molecular complexity index is 334. The van der Waals surface area contributed by atoms with Crippen molar-refractivity contribution in [1.82, 2.24) is 0 Å². The maximum absolute atomic E-state index is 13.8. The van der Waals surface area contributed by atoms with Gasteiger partial charge in [-0.2, -0.15) is 0 Å². The van der Waals surface area contributed by atoms with Crippen molar-refractivity contribution in [2.24, 2.45) is 5.73 Å². The molecule has 0 aliphatic heterocycles. The van der Waals surface area contributed by atoms with Gasteiger partial charge >= 0.3 is 0 Å². The van der Waals surface area contributed by atoms with Crippen LogP contribution in [0, 0.1) is 5.82 Å². The normalized spacial score (nSPS) is 13.2. The van der Waals surface area contributed by atoms with Crippen LogP contribution in [0.3, 0.4) is 0 Å². The molecule has 0 aliphatic rings. The number of rotatable bonds is 2. The van der Waals surface area contributed by atoms with E-state index >= 15 is 0 Å². The summed E-state index contributed by atoms with van der Waals surface area (Å²) in [7, 11) is 0. The summed E-state index contributed by atoms with van der Waals surface area (Å²) in [6, 6.07) is 4.54. The lowest BCUT2D eigenvalue weighted by molar-refractivity contribution is 0.0743. The molecule has 0 radical (unpaired) electrons. The van der Waals surface area contributed by atoms with Crippen LogP contribution in [0.25, 0.3) is 0 Å². The molecule has 15 heavy (non-hydrogen) atoms. The van der Waals surface area contributed by atoms with E-state index < -0.39 is 11.4 Å². The molecule has 0 fully saturated rings. The molecule has 1 aromatic rings. The van der Waals surface area contributed by atoms with Gasteiger partial charge in [-0.15, -0.1) is 12.4 Å². The predicted octanol–water partition coefficient (Wildman–Crippen LogP) is 2.49. The van der Waals surface area contributed by atoms with E-state index in [-0.39, 0.29) is 24.0 Å². The molecule has 4 heteroatoms. The van der Waals surface area contributed by atoms with Gasteiger partial charge in [0.25, 0.3) is 0 Å². The van der Waals surface area contributed by atoms with Crippen molar-refractivity contribution >= 4 is 12.4 Å². The molecule has 0 aliphatic carbocycles. The van der Waals surface area contributed by atoms with Crippen LogP contribution in [-0.4, -0.2) is 5.11 Å². The third-order valence-corrected chi connectivity index (χ3v) is 2.18. The summed E-state index contributed by atoms with van der Waals surface area (Å²) in [4.78, 5) is 0. The zero-order chi connectivity index (χ0) is 10.9. The zero-order valence-corrected chi connectivity index (χ0v) is 9.94. The molecule has 1 rings (SSSR count). The van der Waals surface area contributed by atoms with Gasteiger partial charge in [-0.3, -0.25) is 0 Å². The third-order valence-electron chi connectivity index (χ3n) is 2.18. The Morgan fingerprint density at radius 1 is 1.40 bits per heavy atom. The Kier molecular flexibility index (Phi) is 4.71. The molecule has 3 N–H and O–H groups in total. The highest BCUT2D eigenvalue weighted by atomic mass is 35.5. The van der Waals surface area contributed by atoms with Crippen LogP contribution in [0.1, 0.15) is 37.9 Å². The largest absolute Gasteiger partial charge is 0.386 e. The van der Waals surface area contributed by atoms with Gasteiger partial charge in [0.1, 0.15) is 5.82 Å². The number of nitrogens with two attached hydrogens (primary N) is 1. The number of aliphatic hydroxyl groups is 1. The predicted molar refractivity (Wildman–Crippen MR) is 61.5 cm³/mol. The standard InChI is InChI=1S/C11H16FNO.ClH/c1-7(13)8-5-4-6-9(10(8)12)11(2,3)14;/h4-7,14H,13H2,1-3H3;1H/t7-;/m1./s1. The lowest BCUT2D eigenvalue weighted by Crippen LogP contribution is -2.20. The molecular weight excluding hydrogens is 217 g/mol. The van der Waals surface area contributed by atoms with Crippen molar-refractivity contribution in [2.75, 3.05) is 0 Å².